The molecule has 1 aromatic carbocycles. The van der Waals surface area contributed by atoms with Gasteiger partial charge in [0.2, 0.25) is 0 Å². The highest BCUT2D eigenvalue weighted by Gasteiger charge is 2.14. The minimum absolute atomic E-state index is 0.178. The molecule has 1 rings (SSSR count). The quantitative estimate of drug-likeness (QED) is 0.825. The normalized spacial score (nSPS) is 12.8. The average Bonchev–Trinajstić information content (AvgIpc) is 2.28. The van der Waals surface area contributed by atoms with Gasteiger partial charge in [-0.05, 0) is 31.5 Å². The fraction of sp³-hybridized carbons (Fsp3) is 0.538. The van der Waals surface area contributed by atoms with Gasteiger partial charge in [-0.3, -0.25) is 0 Å². The van der Waals surface area contributed by atoms with Crippen LogP contribution in [0.25, 0.3) is 0 Å². The molecule has 3 heteroatoms. The van der Waals surface area contributed by atoms with Crippen molar-refractivity contribution < 1.29 is 4.74 Å². The van der Waals surface area contributed by atoms with Crippen molar-refractivity contribution in [3.05, 3.63) is 34.3 Å². The number of hydrogen-bond acceptors (Lipinski definition) is 2. The summed E-state index contributed by atoms with van der Waals surface area (Å²) >= 11 is 6.31. The zero-order valence-corrected chi connectivity index (χ0v) is 11.0. The molecule has 0 saturated carbocycles. The molecule has 0 aliphatic rings. The smallest absolute Gasteiger partial charge is 0.0661 e. The molecule has 0 aliphatic heterocycles. The second-order valence-corrected chi connectivity index (χ2v) is 4.13. The summed E-state index contributed by atoms with van der Waals surface area (Å²) in [5.41, 5.74) is 2.23. The Morgan fingerprint density at radius 3 is 2.75 bits per heavy atom. The number of rotatable bonds is 6. The van der Waals surface area contributed by atoms with E-state index in [1.807, 2.05) is 26.0 Å². The standard InChI is InChI=1S/C13H20ClNO/c1-4-15-12(9-16-5-2)11-8-6-7-10(3)13(11)14/h6-8,12,15H,4-5,9H2,1-3H3. The number of benzene rings is 1. The molecular formula is C13H20ClNO. The zero-order valence-electron chi connectivity index (χ0n) is 10.2. The Kier molecular flexibility index (Phi) is 5.81. The van der Waals surface area contributed by atoms with Crippen LogP contribution in [-0.2, 0) is 4.74 Å². The van der Waals surface area contributed by atoms with Crippen LogP contribution in [-0.4, -0.2) is 19.8 Å². The van der Waals surface area contributed by atoms with Gasteiger partial charge in [0.25, 0.3) is 0 Å². The van der Waals surface area contributed by atoms with Gasteiger partial charge in [0, 0.05) is 11.6 Å². The van der Waals surface area contributed by atoms with Gasteiger partial charge in [0.15, 0.2) is 0 Å². The Labute approximate surface area is 103 Å². The van der Waals surface area contributed by atoms with Gasteiger partial charge in [-0.25, -0.2) is 0 Å². The van der Waals surface area contributed by atoms with Crippen LogP contribution in [0.15, 0.2) is 18.2 Å². The van der Waals surface area contributed by atoms with Crippen LogP contribution >= 0.6 is 11.6 Å². The van der Waals surface area contributed by atoms with Crippen molar-refractivity contribution in [2.45, 2.75) is 26.8 Å². The minimum atomic E-state index is 0.178. The molecular weight excluding hydrogens is 222 g/mol. The third-order valence-electron chi connectivity index (χ3n) is 2.54. The molecule has 1 unspecified atom stereocenters. The molecule has 16 heavy (non-hydrogen) atoms. The first kappa shape index (κ1) is 13.5. The van der Waals surface area contributed by atoms with E-state index in [1.54, 1.807) is 0 Å². The van der Waals surface area contributed by atoms with Gasteiger partial charge >= 0.3 is 0 Å². The van der Waals surface area contributed by atoms with Crippen LogP contribution in [0.3, 0.4) is 0 Å². The Morgan fingerprint density at radius 1 is 1.38 bits per heavy atom. The molecule has 0 amide bonds. The Hall–Kier alpha value is -0.570. The molecule has 1 atom stereocenters. The lowest BCUT2D eigenvalue weighted by Gasteiger charge is -2.20. The highest BCUT2D eigenvalue weighted by molar-refractivity contribution is 6.32. The second kappa shape index (κ2) is 6.89. The van der Waals surface area contributed by atoms with E-state index in [2.05, 4.69) is 18.3 Å². The molecule has 2 nitrogen and oxygen atoms in total. The molecule has 1 N–H and O–H groups in total. The number of halogens is 1. The molecule has 0 bridgehead atoms. The van der Waals surface area contributed by atoms with E-state index in [0.717, 1.165) is 29.3 Å². The number of ether oxygens (including phenoxy) is 1. The van der Waals surface area contributed by atoms with Crippen molar-refractivity contribution in [2.75, 3.05) is 19.8 Å². The fourth-order valence-electron chi connectivity index (χ4n) is 1.68. The molecule has 0 aromatic heterocycles. The molecule has 90 valence electrons. The number of likely N-dealkylation sites (N-methyl/N-ethyl adjacent to an activating group) is 1. The van der Waals surface area contributed by atoms with Crippen molar-refractivity contribution >= 4 is 11.6 Å². The molecule has 0 saturated heterocycles. The van der Waals surface area contributed by atoms with Crippen LogP contribution in [0, 0.1) is 6.92 Å². The molecule has 0 radical (unpaired) electrons. The van der Waals surface area contributed by atoms with Crippen molar-refractivity contribution in [1.29, 1.82) is 0 Å². The average molecular weight is 242 g/mol. The van der Waals surface area contributed by atoms with Crippen LogP contribution in [0.5, 0.6) is 0 Å². The van der Waals surface area contributed by atoms with Crippen molar-refractivity contribution in [1.82, 2.24) is 5.32 Å². The predicted octanol–water partition coefficient (Wildman–Crippen LogP) is 3.34. The van der Waals surface area contributed by atoms with Crippen LogP contribution < -0.4 is 5.32 Å². The third-order valence-corrected chi connectivity index (χ3v) is 3.05. The lowest BCUT2D eigenvalue weighted by molar-refractivity contribution is 0.123. The van der Waals surface area contributed by atoms with E-state index in [4.69, 9.17) is 16.3 Å². The van der Waals surface area contributed by atoms with E-state index >= 15 is 0 Å². The maximum atomic E-state index is 6.31. The van der Waals surface area contributed by atoms with Crippen LogP contribution in [0.4, 0.5) is 0 Å². The Morgan fingerprint density at radius 2 is 2.12 bits per heavy atom. The monoisotopic (exact) mass is 241 g/mol. The van der Waals surface area contributed by atoms with Gasteiger partial charge in [-0.15, -0.1) is 0 Å². The highest BCUT2D eigenvalue weighted by Crippen LogP contribution is 2.26. The lowest BCUT2D eigenvalue weighted by atomic mass is 10.0. The lowest BCUT2D eigenvalue weighted by Crippen LogP contribution is -2.25. The number of hydrogen-bond donors (Lipinski definition) is 1. The molecule has 1 aromatic rings. The summed E-state index contributed by atoms with van der Waals surface area (Å²) in [7, 11) is 0. The Balaban J connectivity index is 2.86. The summed E-state index contributed by atoms with van der Waals surface area (Å²) in [5, 5.41) is 4.23. The van der Waals surface area contributed by atoms with Crippen molar-refractivity contribution in [2.24, 2.45) is 0 Å². The van der Waals surface area contributed by atoms with Gasteiger partial charge in [-0.2, -0.15) is 0 Å². The molecule has 0 aliphatic carbocycles. The SMILES string of the molecule is CCNC(COCC)c1cccc(C)c1Cl. The first-order valence-electron chi connectivity index (χ1n) is 5.76. The summed E-state index contributed by atoms with van der Waals surface area (Å²) in [5.74, 6) is 0. The zero-order chi connectivity index (χ0) is 12.0. The third kappa shape index (κ3) is 3.48. The first-order valence-corrected chi connectivity index (χ1v) is 6.14. The number of nitrogens with one attached hydrogen (secondary N) is 1. The van der Waals surface area contributed by atoms with Crippen LogP contribution in [0.1, 0.15) is 31.0 Å². The largest absolute Gasteiger partial charge is 0.380 e. The maximum absolute atomic E-state index is 6.31. The summed E-state index contributed by atoms with van der Waals surface area (Å²) in [4.78, 5) is 0. The van der Waals surface area contributed by atoms with Gasteiger partial charge in [0.05, 0.1) is 12.6 Å². The summed E-state index contributed by atoms with van der Waals surface area (Å²) < 4.78 is 5.48. The van der Waals surface area contributed by atoms with Crippen molar-refractivity contribution in [3.8, 4) is 0 Å². The maximum Gasteiger partial charge on any atom is 0.0661 e. The van der Waals surface area contributed by atoms with Gasteiger partial charge in [0.1, 0.15) is 0 Å². The minimum Gasteiger partial charge on any atom is -0.380 e. The topological polar surface area (TPSA) is 21.3 Å². The molecule has 0 spiro atoms. The molecule has 0 heterocycles. The van der Waals surface area contributed by atoms with E-state index in [1.165, 1.54) is 0 Å². The Bertz CT molecular complexity index is 328. The summed E-state index contributed by atoms with van der Waals surface area (Å²) in [6.07, 6.45) is 0. The molecule has 0 fully saturated rings. The van der Waals surface area contributed by atoms with E-state index in [-0.39, 0.29) is 6.04 Å². The van der Waals surface area contributed by atoms with E-state index in [9.17, 15) is 0 Å². The summed E-state index contributed by atoms with van der Waals surface area (Å²) in [6, 6.07) is 6.29. The van der Waals surface area contributed by atoms with Gasteiger partial charge < -0.3 is 10.1 Å². The van der Waals surface area contributed by atoms with Crippen molar-refractivity contribution in [3.63, 3.8) is 0 Å². The first-order chi connectivity index (χ1) is 7.70. The summed E-state index contributed by atoms with van der Waals surface area (Å²) in [6.45, 7) is 8.40. The second-order valence-electron chi connectivity index (χ2n) is 3.75. The van der Waals surface area contributed by atoms with Crippen LogP contribution in [0.2, 0.25) is 5.02 Å². The van der Waals surface area contributed by atoms with E-state index < -0.39 is 0 Å². The fourth-order valence-corrected chi connectivity index (χ4v) is 1.94. The van der Waals surface area contributed by atoms with Gasteiger partial charge in [-0.1, -0.05) is 36.7 Å². The highest BCUT2D eigenvalue weighted by atomic mass is 35.5. The predicted molar refractivity (Wildman–Crippen MR) is 69.1 cm³/mol. The number of aryl methyl sites for hydroxylation is 1. The van der Waals surface area contributed by atoms with E-state index in [0.29, 0.717) is 6.61 Å².